The molecule has 4 N–H and O–H groups in total. The lowest BCUT2D eigenvalue weighted by Crippen LogP contribution is -2.52. The molecule has 356 valence electrons. The van der Waals surface area contributed by atoms with E-state index in [1.807, 2.05) is 4.57 Å². The number of aromatic nitrogens is 5. The first-order valence-corrected chi connectivity index (χ1v) is 23.8. The number of alkyl halides is 2. The highest BCUT2D eigenvalue weighted by molar-refractivity contribution is 7.13. The van der Waals surface area contributed by atoms with Crippen molar-refractivity contribution in [1.29, 1.82) is 0 Å². The van der Waals surface area contributed by atoms with Crippen LogP contribution in [-0.2, 0) is 39.5 Å². The number of amides is 6. The lowest BCUT2D eigenvalue weighted by atomic mass is 9.83. The van der Waals surface area contributed by atoms with E-state index < -0.39 is 53.7 Å². The van der Waals surface area contributed by atoms with E-state index in [1.165, 1.54) is 32.1 Å². The number of imidazole rings is 1. The van der Waals surface area contributed by atoms with Crippen LogP contribution < -0.4 is 15.5 Å². The number of halogens is 3. The van der Waals surface area contributed by atoms with E-state index in [0.29, 0.717) is 56.2 Å². The molecule has 2 unspecified atom stereocenters. The quantitative estimate of drug-likeness (QED) is 0.132. The summed E-state index contributed by atoms with van der Waals surface area (Å²) < 4.78 is 49.7. The first-order chi connectivity index (χ1) is 33.2. The second-order valence-corrected chi connectivity index (χ2v) is 19.3. The van der Waals surface area contributed by atoms with Crippen molar-refractivity contribution in [2.75, 3.05) is 49.5 Å². The van der Waals surface area contributed by atoms with Crippen LogP contribution in [0.5, 0.6) is 0 Å². The zero-order valence-electron chi connectivity index (χ0n) is 37.1. The molecular formula is C48H46F3N11O6S. The van der Waals surface area contributed by atoms with E-state index in [2.05, 4.69) is 30.8 Å². The lowest BCUT2D eigenvalue weighted by Gasteiger charge is -2.41. The Hall–Kier alpha value is -6.97. The number of nitrogens with one attached hydrogen (secondary N) is 3. The minimum Gasteiger partial charge on any atom is -0.385 e. The molecule has 8 heterocycles. The Kier molecular flexibility index (Phi) is 11.1. The summed E-state index contributed by atoms with van der Waals surface area (Å²) >= 11 is 1.24. The van der Waals surface area contributed by atoms with Crippen LogP contribution in [0.25, 0.3) is 22.0 Å². The minimum atomic E-state index is -3.15. The molecule has 0 aliphatic carbocycles. The molecular weight excluding hydrogens is 916 g/mol. The molecule has 5 aliphatic heterocycles. The van der Waals surface area contributed by atoms with Crippen LogP contribution >= 0.6 is 11.3 Å². The topological polar surface area (TPSA) is 202 Å². The molecule has 11 rings (SSSR count). The number of imide groups is 1. The number of H-pyrrole nitrogens is 1. The van der Waals surface area contributed by atoms with Gasteiger partial charge in [0.05, 0.1) is 48.7 Å². The molecule has 0 bridgehead atoms. The number of likely N-dealkylation sites (tertiary alicyclic amines) is 2. The van der Waals surface area contributed by atoms with Crippen molar-refractivity contribution >= 4 is 62.8 Å². The number of piperidine rings is 2. The number of fused-ring (bicyclic) bond motifs is 3. The Balaban J connectivity index is 0.714. The first-order valence-electron chi connectivity index (χ1n) is 22.9. The van der Waals surface area contributed by atoms with Crippen molar-refractivity contribution in [3.05, 3.63) is 112 Å². The van der Waals surface area contributed by atoms with Crippen molar-refractivity contribution in [1.82, 2.24) is 44.7 Å². The number of hydrogen-bond donors (Lipinski definition) is 4. The van der Waals surface area contributed by atoms with Gasteiger partial charge in [0, 0.05) is 66.4 Å². The van der Waals surface area contributed by atoms with E-state index in [-0.39, 0.29) is 87.9 Å². The van der Waals surface area contributed by atoms with Crippen molar-refractivity contribution < 1.29 is 42.3 Å². The maximum atomic E-state index is 16.0. The number of aliphatic hydroxyl groups is 1. The molecule has 3 aromatic heterocycles. The van der Waals surface area contributed by atoms with Gasteiger partial charge in [-0.25, -0.2) is 27.9 Å². The summed E-state index contributed by atoms with van der Waals surface area (Å²) in [7, 11) is 0. The third-order valence-corrected chi connectivity index (χ3v) is 15.0. The summed E-state index contributed by atoms with van der Waals surface area (Å²) in [5.74, 6) is -6.21. The van der Waals surface area contributed by atoms with E-state index in [1.54, 1.807) is 71.3 Å². The molecule has 21 heteroatoms. The fraction of sp³-hybridized carbons (Fsp3) is 0.375. The number of thiazole rings is 1. The third kappa shape index (κ3) is 8.10. The number of aryl methyl sites for hydroxylation is 1. The molecule has 17 nitrogen and oxygen atoms in total. The number of benzene rings is 3. The summed E-state index contributed by atoms with van der Waals surface area (Å²) in [5.41, 5.74) is 2.92. The number of carbonyl (C=O) groups is 5. The van der Waals surface area contributed by atoms with Gasteiger partial charge >= 0.3 is 6.03 Å². The molecule has 3 aromatic carbocycles. The summed E-state index contributed by atoms with van der Waals surface area (Å²) in [5, 5.41) is 26.6. The van der Waals surface area contributed by atoms with Gasteiger partial charge < -0.3 is 19.5 Å². The van der Waals surface area contributed by atoms with E-state index in [9.17, 15) is 29.1 Å². The third-order valence-electron chi connectivity index (χ3n) is 14.3. The normalized spacial score (nSPS) is 20.6. The van der Waals surface area contributed by atoms with Gasteiger partial charge in [-0.3, -0.25) is 44.7 Å². The number of urea groups is 1. The van der Waals surface area contributed by atoms with Gasteiger partial charge in [-0.2, -0.15) is 5.10 Å². The summed E-state index contributed by atoms with van der Waals surface area (Å²) in [4.78, 5) is 80.0. The zero-order valence-corrected chi connectivity index (χ0v) is 37.9. The maximum absolute atomic E-state index is 16.0. The fourth-order valence-electron chi connectivity index (χ4n) is 10.6. The van der Waals surface area contributed by atoms with Crippen LogP contribution in [0.15, 0.2) is 72.5 Å². The molecule has 3 saturated heterocycles. The number of rotatable bonds is 10. The molecule has 6 aromatic rings. The van der Waals surface area contributed by atoms with Gasteiger partial charge in [0.1, 0.15) is 5.82 Å². The van der Waals surface area contributed by atoms with E-state index in [4.69, 9.17) is 0 Å². The first kappa shape index (κ1) is 44.5. The lowest BCUT2D eigenvalue weighted by molar-refractivity contribution is -0.140. The largest absolute Gasteiger partial charge is 0.385 e. The van der Waals surface area contributed by atoms with Crippen molar-refractivity contribution in [3.8, 4) is 11.1 Å². The second-order valence-electron chi connectivity index (χ2n) is 18.4. The number of hydrogen-bond acceptors (Lipinski definition) is 11. The highest BCUT2D eigenvalue weighted by Crippen LogP contribution is 2.43. The van der Waals surface area contributed by atoms with Crippen molar-refractivity contribution in [2.24, 2.45) is 0 Å². The molecule has 0 saturated carbocycles. The molecule has 3 fully saturated rings. The molecule has 2 atom stereocenters. The van der Waals surface area contributed by atoms with Gasteiger partial charge in [0.15, 0.2) is 17.0 Å². The zero-order chi connectivity index (χ0) is 47.8. The summed E-state index contributed by atoms with van der Waals surface area (Å²) in [6.07, 6.45) is 5.46. The molecule has 6 amide bonds. The highest BCUT2D eigenvalue weighted by Gasteiger charge is 2.47. The number of aromatic amines is 1. The maximum Gasteiger partial charge on any atom is 0.329 e. The van der Waals surface area contributed by atoms with Crippen LogP contribution in [0, 0.1) is 5.82 Å². The average Bonchev–Trinajstić information content (AvgIpc) is 4.19. The molecule has 0 spiro atoms. The summed E-state index contributed by atoms with van der Waals surface area (Å²) in [6, 6.07) is 13.1. The van der Waals surface area contributed by atoms with Crippen LogP contribution in [0.3, 0.4) is 0 Å². The Labute approximate surface area is 396 Å². The molecule has 69 heavy (non-hydrogen) atoms. The van der Waals surface area contributed by atoms with Gasteiger partial charge in [0.25, 0.3) is 17.7 Å². The SMILES string of the molecule is O=C1CCN(c2n[nH]c3cc(C4CCN(CC(=O)N5CCC(O)(c6ccc(-c7cc(F)c8c(c7)C(=O)N(C(C(=O)Nc7nccs7)c7ncn9c7CCC9)C8)cc6)CC5)CC4(F)F)ccc23)C(=O)N1. The molecule has 5 aliphatic rings. The minimum absolute atomic E-state index is 0.104. The van der Waals surface area contributed by atoms with E-state index in [0.717, 1.165) is 18.7 Å². The van der Waals surface area contributed by atoms with Crippen LogP contribution in [0.4, 0.5) is 28.9 Å². The Bertz CT molecular complexity index is 3040. The van der Waals surface area contributed by atoms with Crippen LogP contribution in [-0.4, -0.2) is 119 Å². The molecule has 0 radical (unpaired) electrons. The Morgan fingerprint density at radius 3 is 2.52 bits per heavy atom. The van der Waals surface area contributed by atoms with Crippen LogP contribution in [0.2, 0.25) is 0 Å². The number of anilines is 2. The monoisotopic (exact) mass is 961 g/mol. The van der Waals surface area contributed by atoms with Gasteiger partial charge in [-0.15, -0.1) is 11.3 Å². The predicted octanol–water partition coefficient (Wildman–Crippen LogP) is 5.69. The Morgan fingerprint density at radius 1 is 0.957 bits per heavy atom. The predicted molar refractivity (Wildman–Crippen MR) is 246 cm³/mol. The summed E-state index contributed by atoms with van der Waals surface area (Å²) in [6.45, 7) is 0.673. The highest BCUT2D eigenvalue weighted by atomic mass is 32.1. The van der Waals surface area contributed by atoms with Crippen LogP contribution in [0.1, 0.15) is 82.5 Å². The Morgan fingerprint density at radius 2 is 1.77 bits per heavy atom. The number of nitrogens with zero attached hydrogens (tertiary/aromatic N) is 8. The standard InChI is InChI=1S/C48H46F3N11O6S/c49-35-21-29(20-32-33(35)23-62(44(32)66)41(43(65)55-45-52-13-19-69-45)40-37-2-1-14-60(37)26-53-40)27-3-6-30(7-4-27)47(68)11-17-59(18-12-47)39(64)24-58-15-9-34(48(50,51)25-58)28-5-8-31-36(22-28)56-57-42(31)61-16-10-38(63)54-46(61)67/h3-8,13,19-22,26,34,41,68H,1-2,9-12,14-18,23-25H2,(H,56,57)(H,52,55,65)(H,54,63,67). The average molecular weight is 962 g/mol. The number of carbonyl (C=O) groups excluding carboxylic acids is 5. The van der Waals surface area contributed by atoms with Gasteiger partial charge in [0.2, 0.25) is 11.8 Å². The smallest absolute Gasteiger partial charge is 0.329 e. The van der Waals surface area contributed by atoms with E-state index >= 15 is 13.2 Å². The second kappa shape index (κ2) is 17.2. The fourth-order valence-corrected chi connectivity index (χ4v) is 11.1. The van der Waals surface area contributed by atoms with Crippen molar-refractivity contribution in [2.45, 2.75) is 75.1 Å². The van der Waals surface area contributed by atoms with Crippen molar-refractivity contribution in [3.63, 3.8) is 0 Å². The van der Waals surface area contributed by atoms with Gasteiger partial charge in [-0.1, -0.05) is 30.3 Å². The van der Waals surface area contributed by atoms with Gasteiger partial charge in [-0.05, 0) is 85.2 Å².